The molecule has 9 heteroatoms. The van der Waals surface area contributed by atoms with Crippen LogP contribution < -0.4 is 0 Å². The number of halogens is 1. The normalized spacial score (nSPS) is 12.3. The maximum atomic E-state index is 12.5. The first-order valence-electron chi connectivity index (χ1n) is 14.3. The van der Waals surface area contributed by atoms with Crippen molar-refractivity contribution in [1.82, 2.24) is 19.7 Å². The maximum Gasteiger partial charge on any atom is 0.337 e. The molecule has 0 bridgehead atoms. The molecular weight excluding hydrogens is 580 g/mol. The minimum Gasteiger partial charge on any atom is -0.479 e. The van der Waals surface area contributed by atoms with Gasteiger partial charge in [0.15, 0.2) is 6.10 Å². The third kappa shape index (κ3) is 5.66. The van der Waals surface area contributed by atoms with E-state index in [2.05, 4.69) is 42.1 Å². The molecule has 0 spiro atoms. The Morgan fingerprint density at radius 2 is 1.84 bits per heavy atom. The van der Waals surface area contributed by atoms with E-state index in [1.807, 2.05) is 60.3 Å². The van der Waals surface area contributed by atoms with Gasteiger partial charge in [0.1, 0.15) is 5.01 Å². The molecule has 0 radical (unpaired) electrons. The Hall–Kier alpha value is -4.11. The number of carboxylic acid groups (broad SMARTS) is 1. The second kappa shape index (κ2) is 12.2. The molecule has 6 rings (SSSR count). The number of nitrogens with zero attached hydrogens (tertiary/aromatic N) is 4. The monoisotopic (exact) mass is 610 g/mol. The number of benzene rings is 3. The number of unbranched alkanes of at least 4 members (excludes halogenated alkanes) is 1. The first kappa shape index (κ1) is 29.0. The molecule has 0 aliphatic heterocycles. The van der Waals surface area contributed by atoms with Gasteiger partial charge in [0.2, 0.25) is 0 Å². The molecule has 0 fully saturated rings. The minimum absolute atomic E-state index is 0.365. The lowest BCUT2D eigenvalue weighted by atomic mass is 9.91. The van der Waals surface area contributed by atoms with Crippen molar-refractivity contribution in [3.05, 3.63) is 89.2 Å². The van der Waals surface area contributed by atoms with Crippen LogP contribution in [0.5, 0.6) is 0 Å². The Morgan fingerprint density at radius 1 is 1.05 bits per heavy atom. The fourth-order valence-corrected chi connectivity index (χ4v) is 6.67. The van der Waals surface area contributed by atoms with Crippen LogP contribution in [0.4, 0.5) is 0 Å². The number of rotatable bonds is 10. The molecule has 0 aliphatic carbocycles. The van der Waals surface area contributed by atoms with Crippen LogP contribution in [0.15, 0.2) is 73.1 Å². The van der Waals surface area contributed by atoms with Gasteiger partial charge in [-0.15, -0.1) is 11.3 Å². The van der Waals surface area contributed by atoms with Crippen LogP contribution in [0.3, 0.4) is 0 Å². The molecule has 0 saturated carbocycles. The summed E-state index contributed by atoms with van der Waals surface area (Å²) in [4.78, 5) is 22.2. The molecule has 0 saturated heterocycles. The summed E-state index contributed by atoms with van der Waals surface area (Å²) in [5, 5.41) is 17.2. The van der Waals surface area contributed by atoms with E-state index < -0.39 is 12.1 Å². The fourth-order valence-electron chi connectivity index (χ4n) is 5.42. The molecule has 218 valence electrons. The van der Waals surface area contributed by atoms with E-state index in [9.17, 15) is 9.90 Å². The topological polar surface area (TPSA) is 90.1 Å². The molecule has 0 aliphatic rings. The Kier molecular flexibility index (Phi) is 8.25. The summed E-state index contributed by atoms with van der Waals surface area (Å²) in [7, 11) is 0. The molecule has 3 aromatic heterocycles. The summed E-state index contributed by atoms with van der Waals surface area (Å²) in [6, 6.07) is 19.7. The summed E-state index contributed by atoms with van der Waals surface area (Å²) in [5.74, 6) is -1.02. The van der Waals surface area contributed by atoms with Gasteiger partial charge < -0.3 is 9.84 Å². The van der Waals surface area contributed by atoms with Gasteiger partial charge in [-0.2, -0.15) is 5.10 Å². The highest BCUT2D eigenvalue weighted by molar-refractivity contribution is 7.22. The van der Waals surface area contributed by atoms with E-state index >= 15 is 0 Å². The number of carboxylic acids is 1. The van der Waals surface area contributed by atoms with Gasteiger partial charge >= 0.3 is 5.97 Å². The lowest BCUT2D eigenvalue weighted by Crippen LogP contribution is -2.18. The predicted octanol–water partition coefficient (Wildman–Crippen LogP) is 8.97. The number of fused-ring (bicyclic) bond motifs is 2. The number of aryl methyl sites for hydroxylation is 2. The minimum atomic E-state index is -1.10. The van der Waals surface area contributed by atoms with Crippen LogP contribution in [0.2, 0.25) is 5.02 Å². The van der Waals surface area contributed by atoms with Crippen molar-refractivity contribution < 1.29 is 14.6 Å². The van der Waals surface area contributed by atoms with E-state index in [1.165, 1.54) is 11.3 Å². The van der Waals surface area contributed by atoms with Gasteiger partial charge in [-0.1, -0.05) is 43.1 Å². The van der Waals surface area contributed by atoms with Crippen molar-refractivity contribution in [2.24, 2.45) is 0 Å². The third-order valence-electron chi connectivity index (χ3n) is 7.57. The molecule has 3 heterocycles. The summed E-state index contributed by atoms with van der Waals surface area (Å²) in [6.07, 6.45) is 4.27. The van der Waals surface area contributed by atoms with Crippen molar-refractivity contribution in [3.63, 3.8) is 0 Å². The molecule has 6 aromatic rings. The van der Waals surface area contributed by atoms with Crippen LogP contribution in [-0.2, 0) is 16.1 Å². The summed E-state index contributed by atoms with van der Waals surface area (Å²) >= 11 is 7.77. The van der Waals surface area contributed by atoms with Crippen molar-refractivity contribution in [2.75, 3.05) is 6.61 Å². The molecule has 43 heavy (non-hydrogen) atoms. The number of aromatic nitrogens is 4. The molecular formula is C34H31ClN4O3S. The number of hydrogen-bond donors (Lipinski definition) is 1. The Balaban J connectivity index is 1.49. The van der Waals surface area contributed by atoms with E-state index in [1.54, 1.807) is 6.20 Å². The highest BCUT2D eigenvalue weighted by atomic mass is 35.5. The number of hydrogen-bond acceptors (Lipinski definition) is 6. The average molecular weight is 611 g/mol. The van der Waals surface area contributed by atoms with Crippen LogP contribution >= 0.6 is 22.9 Å². The average Bonchev–Trinajstić information content (AvgIpc) is 3.63. The van der Waals surface area contributed by atoms with E-state index in [0.29, 0.717) is 17.2 Å². The van der Waals surface area contributed by atoms with E-state index in [4.69, 9.17) is 21.3 Å². The Morgan fingerprint density at radius 3 is 2.58 bits per heavy atom. The highest BCUT2D eigenvalue weighted by Crippen LogP contribution is 2.44. The largest absolute Gasteiger partial charge is 0.479 e. The molecule has 1 atom stereocenters. The number of thiazole rings is 1. The van der Waals surface area contributed by atoms with Crippen LogP contribution in [0.1, 0.15) is 43.9 Å². The van der Waals surface area contributed by atoms with Crippen LogP contribution in [0, 0.1) is 6.92 Å². The third-order valence-corrected chi connectivity index (χ3v) is 8.96. The number of pyridine rings is 1. The zero-order valence-corrected chi connectivity index (χ0v) is 25.7. The van der Waals surface area contributed by atoms with E-state index in [-0.39, 0.29) is 0 Å². The first-order valence-corrected chi connectivity index (χ1v) is 15.5. The molecule has 7 nitrogen and oxygen atoms in total. The van der Waals surface area contributed by atoms with Gasteiger partial charge in [0.25, 0.3) is 0 Å². The highest BCUT2D eigenvalue weighted by Gasteiger charge is 2.29. The molecule has 3 aromatic carbocycles. The summed E-state index contributed by atoms with van der Waals surface area (Å²) in [6.45, 7) is 7.23. The second-order valence-corrected chi connectivity index (χ2v) is 11.9. The SMILES string of the molecule is CCCCOC(C(=O)O)c1c(C)cc2nc(-c3ccnc(-c4ccc5c(cnn5CC)c4)c3)sc2c1-c1ccc(Cl)cc1. The lowest BCUT2D eigenvalue weighted by molar-refractivity contribution is -0.151. The molecule has 1 N–H and O–H groups in total. The Bertz CT molecular complexity index is 1950. The van der Waals surface area contributed by atoms with Crippen molar-refractivity contribution in [1.29, 1.82) is 0 Å². The zero-order chi connectivity index (χ0) is 30.1. The molecule has 0 amide bonds. The van der Waals surface area contributed by atoms with Crippen LogP contribution in [-0.4, -0.2) is 37.4 Å². The van der Waals surface area contributed by atoms with Crippen molar-refractivity contribution in [3.8, 4) is 33.0 Å². The van der Waals surface area contributed by atoms with Crippen molar-refractivity contribution >= 4 is 50.0 Å². The maximum absolute atomic E-state index is 12.5. The number of ether oxygens (including phenoxy) is 1. The number of carbonyl (C=O) groups is 1. The van der Waals surface area contributed by atoms with E-state index in [0.717, 1.165) is 79.0 Å². The fraction of sp³-hybridized carbons (Fsp3) is 0.235. The lowest BCUT2D eigenvalue weighted by Gasteiger charge is -2.21. The Labute approximate surface area is 258 Å². The quantitative estimate of drug-likeness (QED) is 0.156. The van der Waals surface area contributed by atoms with Gasteiger partial charge in [-0.25, -0.2) is 9.78 Å². The summed E-state index contributed by atoms with van der Waals surface area (Å²) < 4.78 is 8.86. The van der Waals surface area contributed by atoms with Gasteiger partial charge in [0, 0.05) is 52.0 Å². The van der Waals surface area contributed by atoms with Crippen molar-refractivity contribution in [2.45, 2.75) is 46.3 Å². The standard InChI is InChI=1S/C34H31ClN4O3S/c1-4-6-15-42-31(34(40)41)29-20(3)16-27-32(30(29)21-7-10-25(35)11-8-21)43-33(38-27)23-13-14-36-26(18-23)22-9-12-28-24(17-22)19-37-39(28)5-2/h7-14,16-19,31H,4-6,15H2,1-3H3,(H,40,41). The van der Waals surface area contributed by atoms with Gasteiger partial charge in [-0.05, 0) is 73.9 Å². The smallest absolute Gasteiger partial charge is 0.337 e. The zero-order valence-electron chi connectivity index (χ0n) is 24.2. The molecule has 1 unspecified atom stereocenters. The number of aliphatic carboxylic acids is 1. The first-order chi connectivity index (χ1) is 20.9. The van der Waals surface area contributed by atoms with Gasteiger partial charge in [-0.3, -0.25) is 9.67 Å². The van der Waals surface area contributed by atoms with Crippen LogP contribution in [0.25, 0.3) is 54.1 Å². The summed E-state index contributed by atoms with van der Waals surface area (Å²) in [5.41, 5.74) is 7.80. The predicted molar refractivity (Wildman–Crippen MR) is 174 cm³/mol. The second-order valence-electron chi connectivity index (χ2n) is 10.5. The van der Waals surface area contributed by atoms with Gasteiger partial charge in [0.05, 0.1) is 27.6 Å².